The number of anilines is 1. The zero-order valence-corrected chi connectivity index (χ0v) is 17.5. The van der Waals surface area contributed by atoms with Crippen LogP contribution in [0.5, 0.6) is 0 Å². The number of morpholine rings is 1. The maximum absolute atomic E-state index is 12.6. The van der Waals surface area contributed by atoms with E-state index in [1.807, 2.05) is 35.4 Å². The van der Waals surface area contributed by atoms with Crippen LogP contribution in [0.15, 0.2) is 41.0 Å². The summed E-state index contributed by atoms with van der Waals surface area (Å²) in [6, 6.07) is 5.91. The van der Waals surface area contributed by atoms with Crippen LogP contribution in [0.4, 0.5) is 10.5 Å². The fourth-order valence-electron chi connectivity index (χ4n) is 4.17. The quantitative estimate of drug-likeness (QED) is 0.736. The van der Waals surface area contributed by atoms with Crippen molar-refractivity contribution in [2.45, 2.75) is 6.54 Å². The predicted octanol–water partition coefficient (Wildman–Crippen LogP) is 2.61. The molecule has 0 radical (unpaired) electrons. The van der Waals surface area contributed by atoms with Crippen LogP contribution in [0.3, 0.4) is 0 Å². The van der Waals surface area contributed by atoms with Crippen LogP contribution in [-0.2, 0) is 16.1 Å². The smallest absolute Gasteiger partial charge is 0.282 e. The molecule has 0 aliphatic carbocycles. The Balaban J connectivity index is 1.33. The Morgan fingerprint density at radius 3 is 2.90 bits per heavy atom. The summed E-state index contributed by atoms with van der Waals surface area (Å²) in [6.07, 6.45) is 5.96. The first-order valence-electron chi connectivity index (χ1n) is 10.3. The first kappa shape index (κ1) is 19.5. The van der Waals surface area contributed by atoms with Gasteiger partial charge < -0.3 is 15.0 Å². The lowest BCUT2D eigenvalue weighted by Gasteiger charge is -2.27. The summed E-state index contributed by atoms with van der Waals surface area (Å²) in [5.74, 6) is 0.985. The van der Waals surface area contributed by atoms with Gasteiger partial charge in [-0.25, -0.2) is 0 Å². The zero-order chi connectivity index (χ0) is 20.5. The van der Waals surface area contributed by atoms with Crippen LogP contribution in [-0.4, -0.2) is 72.3 Å². The highest BCUT2D eigenvalue weighted by molar-refractivity contribution is 8.13. The van der Waals surface area contributed by atoms with Crippen LogP contribution < -0.4 is 5.32 Å². The highest BCUT2D eigenvalue weighted by Gasteiger charge is 2.27. The molecule has 4 aliphatic rings. The predicted molar refractivity (Wildman–Crippen MR) is 119 cm³/mol. The van der Waals surface area contributed by atoms with E-state index in [0.29, 0.717) is 12.1 Å². The number of fused-ring (bicyclic) bond motifs is 1. The molecule has 30 heavy (non-hydrogen) atoms. The van der Waals surface area contributed by atoms with E-state index < -0.39 is 0 Å². The summed E-state index contributed by atoms with van der Waals surface area (Å²) in [6.45, 7) is 5.73. The second-order valence-corrected chi connectivity index (χ2v) is 8.92. The molecular weight excluding hydrogens is 400 g/mol. The Labute approximate surface area is 179 Å². The zero-order valence-electron chi connectivity index (χ0n) is 16.7. The van der Waals surface area contributed by atoms with Gasteiger partial charge in [0.15, 0.2) is 0 Å². The van der Waals surface area contributed by atoms with Crippen LogP contribution >= 0.6 is 11.8 Å². The van der Waals surface area contributed by atoms with E-state index in [9.17, 15) is 9.59 Å². The van der Waals surface area contributed by atoms with Crippen molar-refractivity contribution in [3.8, 4) is 0 Å². The van der Waals surface area contributed by atoms with E-state index in [2.05, 4.69) is 21.3 Å². The minimum absolute atomic E-state index is 0.109. The van der Waals surface area contributed by atoms with Crippen molar-refractivity contribution in [1.82, 2.24) is 9.80 Å². The molecule has 0 aromatic heterocycles. The number of allylic oxidation sites excluding steroid dienone is 1. The molecule has 1 unspecified atom stereocenters. The Kier molecular flexibility index (Phi) is 5.45. The van der Waals surface area contributed by atoms with Gasteiger partial charge in [-0.05, 0) is 29.8 Å². The van der Waals surface area contributed by atoms with Crippen molar-refractivity contribution < 1.29 is 14.3 Å². The third-order valence-corrected chi connectivity index (χ3v) is 6.64. The van der Waals surface area contributed by atoms with E-state index in [1.165, 1.54) is 11.8 Å². The number of amides is 2. The van der Waals surface area contributed by atoms with Crippen molar-refractivity contribution in [3.63, 3.8) is 0 Å². The summed E-state index contributed by atoms with van der Waals surface area (Å²) in [7, 11) is 0. The largest absolute Gasteiger partial charge is 0.379 e. The summed E-state index contributed by atoms with van der Waals surface area (Å²) < 4.78 is 5.41. The number of nitrogens with one attached hydrogen (secondary N) is 1. The number of aliphatic imine (C=N–C) groups is 1. The second-order valence-electron chi connectivity index (χ2n) is 7.87. The van der Waals surface area contributed by atoms with Gasteiger partial charge in [0.05, 0.1) is 24.5 Å². The van der Waals surface area contributed by atoms with Gasteiger partial charge in [0.25, 0.3) is 11.1 Å². The molecule has 1 aromatic rings. The molecule has 5 rings (SSSR count). The highest BCUT2D eigenvalue weighted by atomic mass is 32.2. The van der Waals surface area contributed by atoms with Crippen LogP contribution in [0.2, 0.25) is 0 Å². The molecule has 2 fully saturated rings. The fraction of sp³-hybridized carbons (Fsp3) is 0.409. The average Bonchev–Trinajstić information content (AvgIpc) is 3.44. The Morgan fingerprint density at radius 2 is 2.10 bits per heavy atom. The van der Waals surface area contributed by atoms with Crippen molar-refractivity contribution in [2.24, 2.45) is 10.9 Å². The van der Waals surface area contributed by atoms with E-state index >= 15 is 0 Å². The normalized spacial score (nSPS) is 25.2. The maximum Gasteiger partial charge on any atom is 0.282 e. The molecule has 156 valence electrons. The topological polar surface area (TPSA) is 74.2 Å². The van der Waals surface area contributed by atoms with Crippen molar-refractivity contribution in [1.29, 1.82) is 0 Å². The molecular formula is C22H24N4O3S. The van der Waals surface area contributed by atoms with Crippen LogP contribution in [0.25, 0.3) is 5.57 Å². The van der Waals surface area contributed by atoms with E-state index in [4.69, 9.17) is 4.74 Å². The SMILES string of the molecule is O=C1Nc2ccc(CN3CCSC3=O)cc2C1=CC1=CC(CN2CCOCC2)C=N1. The molecule has 4 heterocycles. The molecule has 1 atom stereocenters. The van der Waals surface area contributed by atoms with Gasteiger partial charge in [0.2, 0.25) is 0 Å². The lowest BCUT2D eigenvalue weighted by Crippen LogP contribution is -2.39. The fourth-order valence-corrected chi connectivity index (χ4v) is 4.99. The van der Waals surface area contributed by atoms with E-state index in [0.717, 1.165) is 67.7 Å². The van der Waals surface area contributed by atoms with Crippen molar-refractivity contribution >= 4 is 40.4 Å². The number of hydrogen-bond donors (Lipinski definition) is 1. The first-order chi connectivity index (χ1) is 14.7. The minimum Gasteiger partial charge on any atom is -0.379 e. The number of rotatable bonds is 5. The van der Waals surface area contributed by atoms with Gasteiger partial charge >= 0.3 is 0 Å². The minimum atomic E-state index is -0.109. The number of ether oxygens (including phenoxy) is 1. The summed E-state index contributed by atoms with van der Waals surface area (Å²) in [5.41, 5.74) is 4.17. The van der Waals surface area contributed by atoms with E-state index in [-0.39, 0.29) is 17.1 Å². The third kappa shape index (κ3) is 4.08. The number of benzene rings is 1. The van der Waals surface area contributed by atoms with Gasteiger partial charge in [0.1, 0.15) is 0 Å². The number of hydrogen-bond acceptors (Lipinski definition) is 6. The molecule has 0 spiro atoms. The van der Waals surface area contributed by atoms with Crippen molar-refractivity contribution in [2.75, 3.05) is 50.5 Å². The molecule has 7 nitrogen and oxygen atoms in total. The molecule has 8 heteroatoms. The summed E-state index contributed by atoms with van der Waals surface area (Å²) >= 11 is 1.36. The lowest BCUT2D eigenvalue weighted by atomic mass is 10.0. The monoisotopic (exact) mass is 424 g/mol. The molecule has 0 saturated carbocycles. The summed E-state index contributed by atoms with van der Waals surface area (Å²) in [4.78, 5) is 33.3. The highest BCUT2D eigenvalue weighted by Crippen LogP contribution is 2.34. The second kappa shape index (κ2) is 8.37. The number of carbonyl (C=O) groups excluding carboxylic acids is 2. The molecule has 1 N–H and O–H groups in total. The maximum atomic E-state index is 12.6. The molecule has 0 bridgehead atoms. The first-order valence-corrected chi connectivity index (χ1v) is 11.3. The Hall–Kier alpha value is -2.42. The summed E-state index contributed by atoms with van der Waals surface area (Å²) in [5, 5.41) is 3.06. The molecule has 1 aromatic carbocycles. The Morgan fingerprint density at radius 1 is 1.23 bits per heavy atom. The third-order valence-electron chi connectivity index (χ3n) is 5.75. The van der Waals surface area contributed by atoms with Crippen LogP contribution in [0.1, 0.15) is 11.1 Å². The average molecular weight is 425 g/mol. The molecule has 4 aliphatic heterocycles. The number of thioether (sulfide) groups is 1. The van der Waals surface area contributed by atoms with Crippen LogP contribution in [0, 0.1) is 5.92 Å². The van der Waals surface area contributed by atoms with Crippen molar-refractivity contribution in [3.05, 3.63) is 47.2 Å². The van der Waals surface area contributed by atoms with Gasteiger partial charge in [-0.3, -0.25) is 19.5 Å². The lowest BCUT2D eigenvalue weighted by molar-refractivity contribution is -0.110. The van der Waals surface area contributed by atoms with E-state index in [1.54, 1.807) is 0 Å². The van der Waals surface area contributed by atoms with Gasteiger partial charge in [-0.1, -0.05) is 17.8 Å². The number of carbonyl (C=O) groups is 2. The Bertz CT molecular complexity index is 965. The molecule has 2 amide bonds. The van der Waals surface area contributed by atoms with Gasteiger partial charge in [0, 0.05) is 61.9 Å². The van der Waals surface area contributed by atoms with Gasteiger partial charge in [-0.2, -0.15) is 0 Å². The standard InChI is InChI=1S/C22H24N4O3S/c27-21-19(11-17-9-16(12-23-17)13-25-3-6-29-7-4-25)18-10-15(1-2-20(18)24-21)14-26-5-8-30-22(26)28/h1-2,9-12,16H,3-8,13-14H2,(H,24,27). The number of nitrogens with zero attached hydrogens (tertiary/aromatic N) is 3. The molecule has 2 saturated heterocycles. The van der Waals surface area contributed by atoms with Gasteiger partial charge in [-0.15, -0.1) is 0 Å².